The molecular weight excluding hydrogens is 188 g/mol. The van der Waals surface area contributed by atoms with Crippen LogP contribution in [0.5, 0.6) is 0 Å². The molecule has 5 heteroatoms. The van der Waals surface area contributed by atoms with Crippen molar-refractivity contribution in [1.29, 1.82) is 0 Å². The van der Waals surface area contributed by atoms with Crippen LogP contribution in [-0.2, 0) is 10.0 Å². The zero-order valence-electron chi connectivity index (χ0n) is 8.41. The molecule has 0 fully saturated rings. The third-order valence-corrected chi connectivity index (χ3v) is 3.37. The van der Waals surface area contributed by atoms with E-state index in [0.29, 0.717) is 6.54 Å². The molecule has 0 aromatic rings. The maximum atomic E-state index is 11.2. The monoisotopic (exact) mass is 208 g/mol. The van der Waals surface area contributed by atoms with Gasteiger partial charge in [0.2, 0.25) is 10.0 Å². The summed E-state index contributed by atoms with van der Waals surface area (Å²) >= 11 is 0. The number of rotatable bonds is 7. The van der Waals surface area contributed by atoms with Crippen LogP contribution in [0, 0.1) is 0 Å². The van der Waals surface area contributed by atoms with Gasteiger partial charge in [-0.15, -0.1) is 0 Å². The van der Waals surface area contributed by atoms with Gasteiger partial charge in [0.15, 0.2) is 0 Å². The van der Waals surface area contributed by atoms with E-state index in [0.717, 1.165) is 19.3 Å². The standard InChI is InChI=1S/C8H20N2O2S/c1-3-5-6-8(7-9)10-13(11,12)4-2/h8,10H,3-7,9H2,1-2H3/t8-/m0/s1. The molecule has 3 N–H and O–H groups in total. The molecule has 0 aliphatic carbocycles. The van der Waals surface area contributed by atoms with E-state index in [2.05, 4.69) is 11.6 Å². The van der Waals surface area contributed by atoms with E-state index in [9.17, 15) is 8.42 Å². The fourth-order valence-corrected chi connectivity index (χ4v) is 1.90. The first-order valence-corrected chi connectivity index (χ1v) is 6.41. The normalized spacial score (nSPS) is 14.4. The number of nitrogens with one attached hydrogen (secondary N) is 1. The Labute approximate surface area is 80.9 Å². The number of nitrogens with two attached hydrogens (primary N) is 1. The minimum absolute atomic E-state index is 0.0927. The molecule has 0 saturated carbocycles. The Morgan fingerprint density at radius 3 is 2.38 bits per heavy atom. The van der Waals surface area contributed by atoms with Gasteiger partial charge < -0.3 is 5.73 Å². The molecule has 0 rings (SSSR count). The molecule has 0 aromatic carbocycles. The first kappa shape index (κ1) is 12.9. The van der Waals surface area contributed by atoms with Gasteiger partial charge in [0.05, 0.1) is 5.75 Å². The Bertz CT molecular complexity index is 214. The summed E-state index contributed by atoms with van der Waals surface area (Å²) in [6.07, 6.45) is 2.89. The molecule has 0 amide bonds. The molecule has 0 spiro atoms. The Balaban J connectivity index is 3.97. The molecule has 13 heavy (non-hydrogen) atoms. The molecule has 0 aliphatic rings. The third-order valence-electron chi connectivity index (χ3n) is 1.92. The van der Waals surface area contributed by atoms with Gasteiger partial charge in [0.1, 0.15) is 0 Å². The topological polar surface area (TPSA) is 72.2 Å². The number of hydrogen-bond acceptors (Lipinski definition) is 3. The Morgan fingerprint density at radius 2 is 2.00 bits per heavy atom. The largest absolute Gasteiger partial charge is 0.329 e. The smallest absolute Gasteiger partial charge is 0.211 e. The van der Waals surface area contributed by atoms with Crippen molar-refractivity contribution in [3.8, 4) is 0 Å². The molecule has 0 radical (unpaired) electrons. The fourth-order valence-electron chi connectivity index (χ4n) is 1.01. The number of unbranched alkanes of at least 4 members (excludes halogenated alkanes) is 1. The van der Waals surface area contributed by atoms with Gasteiger partial charge in [-0.05, 0) is 13.3 Å². The van der Waals surface area contributed by atoms with Crippen molar-refractivity contribution in [1.82, 2.24) is 4.72 Å². The first-order valence-electron chi connectivity index (χ1n) is 4.75. The molecule has 1 atom stereocenters. The molecule has 0 unspecified atom stereocenters. The van der Waals surface area contributed by atoms with Crippen LogP contribution in [0.4, 0.5) is 0 Å². The van der Waals surface area contributed by atoms with Crippen LogP contribution in [0.25, 0.3) is 0 Å². The van der Waals surface area contributed by atoms with Crippen molar-refractivity contribution in [2.45, 2.75) is 39.2 Å². The summed E-state index contributed by atoms with van der Waals surface area (Å²) in [6.45, 7) is 4.07. The van der Waals surface area contributed by atoms with Crippen LogP contribution in [-0.4, -0.2) is 26.8 Å². The third kappa shape index (κ3) is 6.01. The zero-order chi connectivity index (χ0) is 10.3. The number of sulfonamides is 1. The van der Waals surface area contributed by atoms with Crippen molar-refractivity contribution in [3.63, 3.8) is 0 Å². The van der Waals surface area contributed by atoms with Gasteiger partial charge >= 0.3 is 0 Å². The maximum absolute atomic E-state index is 11.2. The lowest BCUT2D eigenvalue weighted by atomic mass is 10.1. The zero-order valence-corrected chi connectivity index (χ0v) is 9.23. The van der Waals surface area contributed by atoms with E-state index < -0.39 is 10.0 Å². The molecule has 0 bridgehead atoms. The van der Waals surface area contributed by atoms with E-state index in [1.165, 1.54) is 0 Å². The molecule has 0 saturated heterocycles. The first-order chi connectivity index (χ1) is 6.05. The summed E-state index contributed by atoms with van der Waals surface area (Å²) in [6, 6.07) is -0.0927. The Kier molecular flexibility index (Phi) is 6.28. The lowest BCUT2D eigenvalue weighted by Gasteiger charge is -2.15. The quantitative estimate of drug-likeness (QED) is 0.638. The van der Waals surface area contributed by atoms with E-state index in [-0.39, 0.29) is 11.8 Å². The van der Waals surface area contributed by atoms with Crippen LogP contribution >= 0.6 is 0 Å². The highest BCUT2D eigenvalue weighted by Crippen LogP contribution is 2.00. The lowest BCUT2D eigenvalue weighted by Crippen LogP contribution is -2.40. The van der Waals surface area contributed by atoms with Crippen LogP contribution in [0.2, 0.25) is 0 Å². The van der Waals surface area contributed by atoms with Gasteiger partial charge in [-0.1, -0.05) is 19.8 Å². The van der Waals surface area contributed by atoms with Crippen molar-refractivity contribution >= 4 is 10.0 Å². The SMILES string of the molecule is CCCC[C@@H](CN)NS(=O)(=O)CC. The number of hydrogen-bond donors (Lipinski definition) is 2. The highest BCUT2D eigenvalue weighted by atomic mass is 32.2. The van der Waals surface area contributed by atoms with Crippen molar-refractivity contribution in [3.05, 3.63) is 0 Å². The van der Waals surface area contributed by atoms with E-state index >= 15 is 0 Å². The highest BCUT2D eigenvalue weighted by Gasteiger charge is 2.13. The summed E-state index contributed by atoms with van der Waals surface area (Å²) in [4.78, 5) is 0. The van der Waals surface area contributed by atoms with Crippen molar-refractivity contribution in [2.24, 2.45) is 5.73 Å². The summed E-state index contributed by atoms with van der Waals surface area (Å²) in [5.74, 6) is 0.121. The van der Waals surface area contributed by atoms with Crippen molar-refractivity contribution < 1.29 is 8.42 Å². The second-order valence-corrected chi connectivity index (χ2v) is 5.14. The molecule has 0 aliphatic heterocycles. The molecule has 0 heterocycles. The van der Waals surface area contributed by atoms with E-state index in [1.807, 2.05) is 0 Å². The van der Waals surface area contributed by atoms with Crippen LogP contribution < -0.4 is 10.5 Å². The van der Waals surface area contributed by atoms with Gasteiger partial charge in [-0.2, -0.15) is 0 Å². The average Bonchev–Trinajstić information content (AvgIpc) is 2.12. The van der Waals surface area contributed by atoms with Gasteiger partial charge in [0.25, 0.3) is 0 Å². The Hall–Kier alpha value is -0.130. The average molecular weight is 208 g/mol. The summed E-state index contributed by atoms with van der Waals surface area (Å²) in [5.41, 5.74) is 5.45. The molecule has 80 valence electrons. The minimum Gasteiger partial charge on any atom is -0.329 e. The second kappa shape index (κ2) is 6.34. The van der Waals surface area contributed by atoms with E-state index in [4.69, 9.17) is 5.73 Å². The second-order valence-electron chi connectivity index (χ2n) is 3.10. The molecule has 0 aromatic heterocycles. The highest BCUT2D eigenvalue weighted by molar-refractivity contribution is 7.89. The van der Waals surface area contributed by atoms with Crippen LogP contribution in [0.1, 0.15) is 33.1 Å². The Morgan fingerprint density at radius 1 is 1.38 bits per heavy atom. The fraction of sp³-hybridized carbons (Fsp3) is 1.00. The predicted octanol–water partition coefficient (Wildman–Crippen LogP) is 0.443. The maximum Gasteiger partial charge on any atom is 0.211 e. The predicted molar refractivity (Wildman–Crippen MR) is 55.0 cm³/mol. The van der Waals surface area contributed by atoms with E-state index in [1.54, 1.807) is 6.92 Å². The van der Waals surface area contributed by atoms with Crippen molar-refractivity contribution in [2.75, 3.05) is 12.3 Å². The molecule has 4 nitrogen and oxygen atoms in total. The van der Waals surface area contributed by atoms with Gasteiger partial charge in [-0.3, -0.25) is 0 Å². The van der Waals surface area contributed by atoms with Crippen LogP contribution in [0.15, 0.2) is 0 Å². The lowest BCUT2D eigenvalue weighted by molar-refractivity contribution is 0.517. The minimum atomic E-state index is -3.09. The van der Waals surface area contributed by atoms with Crippen LogP contribution in [0.3, 0.4) is 0 Å². The van der Waals surface area contributed by atoms with Gasteiger partial charge in [0, 0.05) is 12.6 Å². The molecular formula is C8H20N2O2S. The summed E-state index contributed by atoms with van der Waals surface area (Å²) < 4.78 is 24.9. The van der Waals surface area contributed by atoms with Gasteiger partial charge in [-0.25, -0.2) is 13.1 Å². The summed E-state index contributed by atoms with van der Waals surface area (Å²) in [5, 5.41) is 0. The summed E-state index contributed by atoms with van der Waals surface area (Å²) in [7, 11) is -3.09.